The Kier molecular flexibility index (Phi) is 3.00. The molecule has 2 rings (SSSR count). The molecule has 0 saturated heterocycles. The SMILES string of the molecule is COCC(O)(c1cc(F)ccc1C)C1CC1. The molecule has 0 bridgehead atoms. The molecule has 2 nitrogen and oxygen atoms in total. The summed E-state index contributed by atoms with van der Waals surface area (Å²) in [6.07, 6.45) is 1.96. The van der Waals surface area contributed by atoms with Crippen LogP contribution in [0.3, 0.4) is 0 Å². The van der Waals surface area contributed by atoms with Crippen LogP contribution in [0.25, 0.3) is 0 Å². The molecule has 16 heavy (non-hydrogen) atoms. The Balaban J connectivity index is 2.41. The number of benzene rings is 1. The Morgan fingerprint density at radius 1 is 1.50 bits per heavy atom. The number of ether oxygens (including phenoxy) is 1. The zero-order valence-electron chi connectivity index (χ0n) is 9.66. The summed E-state index contributed by atoms with van der Waals surface area (Å²) >= 11 is 0. The highest BCUT2D eigenvalue weighted by molar-refractivity contribution is 5.33. The highest BCUT2D eigenvalue weighted by atomic mass is 19.1. The van der Waals surface area contributed by atoms with Crippen molar-refractivity contribution in [3.63, 3.8) is 0 Å². The average Bonchev–Trinajstić information content (AvgIpc) is 3.05. The average molecular weight is 224 g/mol. The van der Waals surface area contributed by atoms with E-state index in [2.05, 4.69) is 0 Å². The lowest BCUT2D eigenvalue weighted by Gasteiger charge is -2.29. The summed E-state index contributed by atoms with van der Waals surface area (Å²) in [7, 11) is 1.56. The largest absolute Gasteiger partial charge is 0.382 e. The van der Waals surface area contributed by atoms with Crippen LogP contribution in [0.5, 0.6) is 0 Å². The van der Waals surface area contributed by atoms with Gasteiger partial charge in [0.25, 0.3) is 0 Å². The summed E-state index contributed by atoms with van der Waals surface area (Å²) in [4.78, 5) is 0. The van der Waals surface area contributed by atoms with Crippen LogP contribution in [0.4, 0.5) is 4.39 Å². The van der Waals surface area contributed by atoms with E-state index in [1.54, 1.807) is 13.2 Å². The molecule has 3 heteroatoms. The summed E-state index contributed by atoms with van der Waals surface area (Å²) in [5, 5.41) is 10.6. The predicted octanol–water partition coefficient (Wildman–Crippen LogP) is 2.38. The van der Waals surface area contributed by atoms with Crippen molar-refractivity contribution in [3.8, 4) is 0 Å². The van der Waals surface area contributed by atoms with Crippen molar-refractivity contribution < 1.29 is 14.2 Å². The van der Waals surface area contributed by atoms with E-state index in [9.17, 15) is 9.50 Å². The Morgan fingerprint density at radius 3 is 2.75 bits per heavy atom. The van der Waals surface area contributed by atoms with Crippen LogP contribution in [-0.2, 0) is 10.3 Å². The van der Waals surface area contributed by atoms with Crippen molar-refractivity contribution in [2.24, 2.45) is 5.92 Å². The predicted molar refractivity (Wildman–Crippen MR) is 59.6 cm³/mol. The standard InChI is InChI=1S/C13H17FO2/c1-9-3-6-11(14)7-12(9)13(15,8-16-2)10-4-5-10/h3,6-7,10,15H,4-5,8H2,1-2H3. The fourth-order valence-electron chi connectivity index (χ4n) is 2.26. The Bertz CT molecular complexity index is 388. The van der Waals surface area contributed by atoms with Gasteiger partial charge in [0.1, 0.15) is 11.4 Å². The number of methoxy groups -OCH3 is 1. The minimum Gasteiger partial charge on any atom is -0.382 e. The van der Waals surface area contributed by atoms with Crippen molar-refractivity contribution in [1.29, 1.82) is 0 Å². The van der Waals surface area contributed by atoms with Gasteiger partial charge in [-0.3, -0.25) is 0 Å². The fourth-order valence-corrected chi connectivity index (χ4v) is 2.26. The fraction of sp³-hybridized carbons (Fsp3) is 0.538. The normalized spacial score (nSPS) is 19.5. The Morgan fingerprint density at radius 2 is 2.19 bits per heavy atom. The molecule has 0 spiro atoms. The number of aryl methyl sites for hydroxylation is 1. The van der Waals surface area contributed by atoms with Gasteiger partial charge in [-0.25, -0.2) is 4.39 Å². The smallest absolute Gasteiger partial charge is 0.123 e. The van der Waals surface area contributed by atoms with Gasteiger partial charge in [-0.2, -0.15) is 0 Å². The number of hydrogen-bond acceptors (Lipinski definition) is 2. The number of rotatable bonds is 4. The molecule has 1 fully saturated rings. The maximum absolute atomic E-state index is 13.2. The molecule has 1 N–H and O–H groups in total. The first-order chi connectivity index (χ1) is 7.58. The molecule has 0 aliphatic heterocycles. The molecule has 0 amide bonds. The van der Waals surface area contributed by atoms with Crippen molar-refractivity contribution in [2.75, 3.05) is 13.7 Å². The van der Waals surface area contributed by atoms with Crippen LogP contribution < -0.4 is 0 Å². The van der Waals surface area contributed by atoms with E-state index in [4.69, 9.17) is 4.74 Å². The molecule has 88 valence electrons. The zero-order valence-corrected chi connectivity index (χ0v) is 9.66. The van der Waals surface area contributed by atoms with Crippen molar-refractivity contribution >= 4 is 0 Å². The molecule has 1 saturated carbocycles. The van der Waals surface area contributed by atoms with E-state index in [1.165, 1.54) is 12.1 Å². The topological polar surface area (TPSA) is 29.5 Å². The Labute approximate surface area is 95.1 Å². The number of halogens is 1. The van der Waals surface area contributed by atoms with Gasteiger partial charge in [-0.05, 0) is 48.9 Å². The second kappa shape index (κ2) is 4.15. The monoisotopic (exact) mass is 224 g/mol. The molecule has 0 radical (unpaired) electrons. The van der Waals surface area contributed by atoms with Gasteiger partial charge in [-0.1, -0.05) is 6.07 Å². The molecule has 0 heterocycles. The van der Waals surface area contributed by atoms with Crippen molar-refractivity contribution in [1.82, 2.24) is 0 Å². The molecule has 1 unspecified atom stereocenters. The van der Waals surface area contributed by atoms with Crippen molar-refractivity contribution in [3.05, 3.63) is 35.1 Å². The van der Waals surface area contributed by atoms with Crippen LogP contribution in [0, 0.1) is 18.7 Å². The number of aliphatic hydroxyl groups is 1. The molecule has 1 aromatic rings. The summed E-state index contributed by atoms with van der Waals surface area (Å²) < 4.78 is 18.3. The van der Waals surface area contributed by atoms with E-state index < -0.39 is 5.60 Å². The third-order valence-corrected chi connectivity index (χ3v) is 3.28. The molecular weight excluding hydrogens is 207 g/mol. The molecule has 1 atom stereocenters. The highest BCUT2D eigenvalue weighted by Gasteiger charge is 2.46. The van der Waals surface area contributed by atoms with Gasteiger partial charge in [0.05, 0.1) is 6.61 Å². The van der Waals surface area contributed by atoms with E-state index >= 15 is 0 Å². The molecular formula is C13H17FO2. The first kappa shape index (κ1) is 11.6. The Hall–Kier alpha value is -0.930. The minimum atomic E-state index is -1.03. The minimum absolute atomic E-state index is 0.202. The lowest BCUT2D eigenvalue weighted by atomic mass is 9.86. The summed E-state index contributed by atoms with van der Waals surface area (Å²) in [6.45, 7) is 2.11. The highest BCUT2D eigenvalue weighted by Crippen LogP contribution is 2.46. The zero-order chi connectivity index (χ0) is 11.8. The molecule has 1 aromatic carbocycles. The van der Waals surface area contributed by atoms with Gasteiger partial charge in [0.2, 0.25) is 0 Å². The maximum Gasteiger partial charge on any atom is 0.123 e. The summed E-state index contributed by atoms with van der Waals surface area (Å²) in [6, 6.07) is 4.54. The van der Waals surface area contributed by atoms with Gasteiger partial charge >= 0.3 is 0 Å². The third kappa shape index (κ3) is 1.97. The molecule has 1 aliphatic rings. The molecule has 1 aliphatic carbocycles. The van der Waals surface area contributed by atoms with Crippen molar-refractivity contribution in [2.45, 2.75) is 25.4 Å². The van der Waals surface area contributed by atoms with Crippen LogP contribution in [0.1, 0.15) is 24.0 Å². The van der Waals surface area contributed by atoms with Crippen LogP contribution in [-0.4, -0.2) is 18.8 Å². The lowest BCUT2D eigenvalue weighted by Crippen LogP contribution is -2.34. The lowest BCUT2D eigenvalue weighted by molar-refractivity contribution is -0.0538. The maximum atomic E-state index is 13.2. The van der Waals surface area contributed by atoms with E-state index in [0.717, 1.165) is 18.4 Å². The van der Waals surface area contributed by atoms with E-state index in [0.29, 0.717) is 5.56 Å². The van der Waals surface area contributed by atoms with Gasteiger partial charge < -0.3 is 9.84 Å². The number of hydrogen-bond donors (Lipinski definition) is 1. The quantitative estimate of drug-likeness (QED) is 0.850. The van der Waals surface area contributed by atoms with Gasteiger partial charge in [0.15, 0.2) is 0 Å². The van der Waals surface area contributed by atoms with Gasteiger partial charge in [-0.15, -0.1) is 0 Å². The first-order valence-electron chi connectivity index (χ1n) is 5.56. The van der Waals surface area contributed by atoms with E-state index in [-0.39, 0.29) is 18.3 Å². The van der Waals surface area contributed by atoms with Crippen LogP contribution >= 0.6 is 0 Å². The van der Waals surface area contributed by atoms with E-state index in [1.807, 2.05) is 6.92 Å². The first-order valence-corrected chi connectivity index (χ1v) is 5.56. The second-order valence-electron chi connectivity index (χ2n) is 4.59. The van der Waals surface area contributed by atoms with Crippen LogP contribution in [0.2, 0.25) is 0 Å². The van der Waals surface area contributed by atoms with Gasteiger partial charge in [0, 0.05) is 7.11 Å². The van der Waals surface area contributed by atoms with Crippen LogP contribution in [0.15, 0.2) is 18.2 Å². The third-order valence-electron chi connectivity index (χ3n) is 3.28. The molecule has 0 aromatic heterocycles. The summed E-state index contributed by atoms with van der Waals surface area (Å²) in [5.41, 5.74) is 0.547. The second-order valence-corrected chi connectivity index (χ2v) is 4.59. The summed E-state index contributed by atoms with van der Waals surface area (Å²) in [5.74, 6) is -0.108.